The minimum atomic E-state index is -0.271. The fourth-order valence-corrected chi connectivity index (χ4v) is 5.88. The second-order valence-corrected chi connectivity index (χ2v) is 9.90. The summed E-state index contributed by atoms with van der Waals surface area (Å²) in [4.78, 5) is 33.2. The smallest absolute Gasteiger partial charge is 0.266 e. The van der Waals surface area contributed by atoms with E-state index in [9.17, 15) is 14.7 Å². The van der Waals surface area contributed by atoms with Crippen LogP contribution in [0.2, 0.25) is 0 Å². The lowest BCUT2D eigenvalue weighted by molar-refractivity contribution is -0.115. The summed E-state index contributed by atoms with van der Waals surface area (Å²) < 4.78 is 6.88. The number of methoxy groups -OCH3 is 1. The Labute approximate surface area is 223 Å². The highest BCUT2D eigenvalue weighted by Crippen LogP contribution is 2.43. The van der Waals surface area contributed by atoms with Gasteiger partial charge < -0.3 is 9.84 Å². The maximum atomic E-state index is 13.7. The second-order valence-electron chi connectivity index (χ2n) is 8.83. The van der Waals surface area contributed by atoms with Gasteiger partial charge in [-0.2, -0.15) is 0 Å². The third-order valence-electron chi connectivity index (χ3n) is 6.55. The van der Waals surface area contributed by atoms with E-state index in [1.54, 1.807) is 33.7 Å². The number of anilines is 1. The van der Waals surface area contributed by atoms with Crippen molar-refractivity contribution in [1.29, 1.82) is 0 Å². The van der Waals surface area contributed by atoms with Crippen LogP contribution < -0.4 is 15.2 Å². The van der Waals surface area contributed by atoms with Crippen LogP contribution in [0.15, 0.2) is 102 Å². The van der Waals surface area contributed by atoms with E-state index >= 15 is 0 Å². The van der Waals surface area contributed by atoms with Crippen molar-refractivity contribution < 1.29 is 14.6 Å². The van der Waals surface area contributed by atoms with E-state index in [0.717, 1.165) is 11.1 Å². The molecule has 38 heavy (non-hydrogen) atoms. The Morgan fingerprint density at radius 3 is 2.37 bits per heavy atom. The summed E-state index contributed by atoms with van der Waals surface area (Å²) in [5.41, 5.74) is 3.51. The standard InChI is InChI=1S/C30H23N3O4S/c1-37-26-17-20(11-16-25(26)34)30-32(27(35)18-38-30)21-12-14-22(15-13-21)33-28(19-7-3-2-4-8-19)31-24-10-6-5-9-23(24)29(33)36/h2-17,30,34H,18H2,1H3. The van der Waals surface area contributed by atoms with Gasteiger partial charge in [0.25, 0.3) is 5.56 Å². The first-order valence-electron chi connectivity index (χ1n) is 12.0. The van der Waals surface area contributed by atoms with Crippen molar-refractivity contribution in [1.82, 2.24) is 9.55 Å². The minimum Gasteiger partial charge on any atom is -0.504 e. The van der Waals surface area contributed by atoms with Gasteiger partial charge in [-0.1, -0.05) is 48.5 Å². The summed E-state index contributed by atoms with van der Waals surface area (Å²) >= 11 is 1.51. The number of carbonyl (C=O) groups is 1. The molecular weight excluding hydrogens is 498 g/mol. The molecule has 7 nitrogen and oxygen atoms in total. The molecule has 1 saturated heterocycles. The number of rotatable bonds is 5. The Hall–Kier alpha value is -4.56. The molecule has 1 atom stereocenters. The number of phenols is 1. The van der Waals surface area contributed by atoms with E-state index in [1.165, 1.54) is 18.9 Å². The molecule has 8 heteroatoms. The molecule has 6 rings (SSSR count). The van der Waals surface area contributed by atoms with Gasteiger partial charge in [-0.05, 0) is 54.1 Å². The highest BCUT2D eigenvalue weighted by Gasteiger charge is 2.34. The summed E-state index contributed by atoms with van der Waals surface area (Å²) in [6, 6.07) is 29.4. The summed E-state index contributed by atoms with van der Waals surface area (Å²) in [6.45, 7) is 0. The van der Waals surface area contributed by atoms with Crippen LogP contribution in [-0.4, -0.2) is 33.4 Å². The molecule has 0 spiro atoms. The molecule has 4 aromatic carbocycles. The van der Waals surface area contributed by atoms with Gasteiger partial charge >= 0.3 is 0 Å². The van der Waals surface area contributed by atoms with Crippen LogP contribution in [0, 0.1) is 0 Å². The van der Waals surface area contributed by atoms with Gasteiger partial charge in [0.1, 0.15) is 11.2 Å². The van der Waals surface area contributed by atoms with Gasteiger partial charge in [0, 0.05) is 11.3 Å². The molecular formula is C30H23N3O4S. The van der Waals surface area contributed by atoms with Crippen LogP contribution in [0.5, 0.6) is 11.5 Å². The van der Waals surface area contributed by atoms with Crippen LogP contribution in [-0.2, 0) is 4.79 Å². The monoisotopic (exact) mass is 521 g/mol. The van der Waals surface area contributed by atoms with E-state index < -0.39 is 0 Å². The number of aromatic nitrogens is 2. The number of hydrogen-bond donors (Lipinski definition) is 1. The first-order valence-corrected chi connectivity index (χ1v) is 13.1. The molecule has 188 valence electrons. The number of amides is 1. The molecule has 0 saturated carbocycles. The van der Waals surface area contributed by atoms with Crippen LogP contribution in [0.25, 0.3) is 28.0 Å². The SMILES string of the molecule is COc1cc(C2SCC(=O)N2c2ccc(-n3c(-c4ccccc4)nc4ccccc4c3=O)cc2)ccc1O. The lowest BCUT2D eigenvalue weighted by Crippen LogP contribution is -2.28. The fourth-order valence-electron chi connectivity index (χ4n) is 4.71. The van der Waals surface area contributed by atoms with Crippen molar-refractivity contribution in [2.75, 3.05) is 17.8 Å². The zero-order chi connectivity index (χ0) is 26.2. The Morgan fingerprint density at radius 2 is 1.61 bits per heavy atom. The number of phenolic OH excluding ortho intramolecular Hbond substituents is 1. The number of carbonyl (C=O) groups excluding carboxylic acids is 1. The predicted molar refractivity (Wildman–Crippen MR) is 150 cm³/mol. The maximum absolute atomic E-state index is 13.7. The zero-order valence-electron chi connectivity index (χ0n) is 20.4. The molecule has 1 aromatic heterocycles. The molecule has 1 amide bonds. The third-order valence-corrected chi connectivity index (χ3v) is 7.76. The average Bonchev–Trinajstić information content (AvgIpc) is 3.35. The van der Waals surface area contributed by atoms with Crippen LogP contribution >= 0.6 is 11.8 Å². The number of benzene rings is 4. The molecule has 1 fully saturated rings. The van der Waals surface area contributed by atoms with Gasteiger partial charge in [-0.15, -0.1) is 11.8 Å². The molecule has 5 aromatic rings. The number of aromatic hydroxyl groups is 1. The summed E-state index contributed by atoms with van der Waals surface area (Å²) in [7, 11) is 1.50. The second kappa shape index (κ2) is 9.72. The predicted octanol–water partition coefficient (Wildman–Crippen LogP) is 5.55. The Balaban J connectivity index is 1.43. The van der Waals surface area contributed by atoms with Crippen LogP contribution in [0.1, 0.15) is 10.9 Å². The van der Waals surface area contributed by atoms with E-state index in [2.05, 4.69) is 0 Å². The van der Waals surface area contributed by atoms with Crippen molar-refractivity contribution in [3.05, 3.63) is 113 Å². The van der Waals surface area contributed by atoms with E-state index in [1.807, 2.05) is 72.8 Å². The van der Waals surface area contributed by atoms with Gasteiger partial charge in [-0.25, -0.2) is 4.98 Å². The van der Waals surface area contributed by atoms with E-state index in [-0.39, 0.29) is 22.6 Å². The van der Waals surface area contributed by atoms with Crippen molar-refractivity contribution in [2.24, 2.45) is 0 Å². The molecule has 2 heterocycles. The highest BCUT2D eigenvalue weighted by atomic mass is 32.2. The summed E-state index contributed by atoms with van der Waals surface area (Å²) in [5.74, 6) is 1.26. The third kappa shape index (κ3) is 4.09. The number of para-hydroxylation sites is 1. The van der Waals surface area contributed by atoms with Gasteiger partial charge in [0.2, 0.25) is 5.91 Å². The lowest BCUT2D eigenvalue weighted by atomic mass is 10.1. The fraction of sp³-hybridized carbons (Fsp3) is 0.100. The van der Waals surface area contributed by atoms with E-state index in [0.29, 0.717) is 39.6 Å². The minimum absolute atomic E-state index is 0.0192. The quantitative estimate of drug-likeness (QED) is 0.327. The number of thioether (sulfide) groups is 1. The van der Waals surface area contributed by atoms with Crippen LogP contribution in [0.3, 0.4) is 0 Å². The first-order chi connectivity index (χ1) is 18.5. The molecule has 1 N–H and O–H groups in total. The van der Waals surface area contributed by atoms with Gasteiger partial charge in [0.05, 0.1) is 29.5 Å². The maximum Gasteiger partial charge on any atom is 0.266 e. The van der Waals surface area contributed by atoms with Gasteiger partial charge in [-0.3, -0.25) is 19.1 Å². The highest BCUT2D eigenvalue weighted by molar-refractivity contribution is 8.00. The van der Waals surface area contributed by atoms with Crippen molar-refractivity contribution in [3.63, 3.8) is 0 Å². The normalized spacial score (nSPS) is 15.2. The van der Waals surface area contributed by atoms with Crippen molar-refractivity contribution >= 4 is 34.3 Å². The Kier molecular flexibility index (Phi) is 6.09. The largest absolute Gasteiger partial charge is 0.504 e. The summed E-state index contributed by atoms with van der Waals surface area (Å²) in [5, 5.41) is 10.3. The summed E-state index contributed by atoms with van der Waals surface area (Å²) in [6.07, 6.45) is 0. The lowest BCUT2D eigenvalue weighted by Gasteiger charge is -2.25. The molecule has 1 unspecified atom stereocenters. The van der Waals surface area contributed by atoms with Crippen molar-refractivity contribution in [2.45, 2.75) is 5.37 Å². The molecule has 0 aliphatic carbocycles. The van der Waals surface area contributed by atoms with Crippen molar-refractivity contribution in [3.8, 4) is 28.6 Å². The molecule has 1 aliphatic heterocycles. The number of hydrogen-bond acceptors (Lipinski definition) is 6. The molecule has 0 radical (unpaired) electrons. The number of ether oxygens (including phenoxy) is 1. The molecule has 0 bridgehead atoms. The molecule has 1 aliphatic rings. The van der Waals surface area contributed by atoms with E-state index in [4.69, 9.17) is 9.72 Å². The zero-order valence-corrected chi connectivity index (χ0v) is 21.3. The van der Waals surface area contributed by atoms with Crippen LogP contribution in [0.4, 0.5) is 5.69 Å². The first kappa shape index (κ1) is 23.8. The Morgan fingerprint density at radius 1 is 0.895 bits per heavy atom. The Bertz CT molecular complexity index is 1720. The number of nitrogens with zero attached hydrogens (tertiary/aromatic N) is 3. The topological polar surface area (TPSA) is 84.7 Å². The number of fused-ring (bicyclic) bond motifs is 1. The van der Waals surface area contributed by atoms with Gasteiger partial charge in [0.15, 0.2) is 11.5 Å². The average molecular weight is 522 g/mol.